The van der Waals surface area contributed by atoms with Crippen molar-refractivity contribution < 1.29 is 13.2 Å². The number of hydrogen-bond donors (Lipinski definition) is 1. The second kappa shape index (κ2) is 9.92. The molecule has 164 valence electrons. The van der Waals surface area contributed by atoms with E-state index >= 15 is 0 Å². The van der Waals surface area contributed by atoms with Crippen molar-refractivity contribution in [3.8, 4) is 5.75 Å². The van der Waals surface area contributed by atoms with Crippen LogP contribution in [0.1, 0.15) is 43.9 Å². The highest BCUT2D eigenvalue weighted by Gasteiger charge is 2.32. The minimum atomic E-state index is -3.52. The van der Waals surface area contributed by atoms with Crippen molar-refractivity contribution in [2.75, 3.05) is 26.7 Å². The summed E-state index contributed by atoms with van der Waals surface area (Å²) in [6.07, 6.45) is 2.76. The third-order valence-corrected chi connectivity index (χ3v) is 8.06. The number of hydrazine groups is 1. The Bertz CT molecular complexity index is 930. The minimum Gasteiger partial charge on any atom is -0.496 e. The van der Waals surface area contributed by atoms with Crippen LogP contribution in [0.5, 0.6) is 5.75 Å². The van der Waals surface area contributed by atoms with Crippen LogP contribution in [0.4, 0.5) is 0 Å². The van der Waals surface area contributed by atoms with Gasteiger partial charge in [-0.25, -0.2) is 13.4 Å². The number of benzene rings is 2. The largest absolute Gasteiger partial charge is 0.496 e. The van der Waals surface area contributed by atoms with Gasteiger partial charge in [-0.3, -0.25) is 5.84 Å². The van der Waals surface area contributed by atoms with E-state index in [4.69, 9.17) is 10.6 Å². The molecule has 0 spiro atoms. The summed E-state index contributed by atoms with van der Waals surface area (Å²) >= 11 is 0. The Kier molecular flexibility index (Phi) is 7.52. The maximum absolute atomic E-state index is 13.0. The molecule has 0 radical (unpaired) electrons. The van der Waals surface area contributed by atoms with Crippen LogP contribution in [0.3, 0.4) is 0 Å². The van der Waals surface area contributed by atoms with E-state index < -0.39 is 10.0 Å². The molecule has 2 N–H and O–H groups in total. The number of rotatable bonds is 8. The number of ether oxygens (including phenoxy) is 1. The van der Waals surface area contributed by atoms with Gasteiger partial charge in [0.1, 0.15) is 5.75 Å². The van der Waals surface area contributed by atoms with Crippen LogP contribution in [-0.2, 0) is 16.4 Å². The molecule has 2 unspecified atom stereocenters. The highest BCUT2D eigenvalue weighted by Crippen LogP contribution is 2.38. The summed E-state index contributed by atoms with van der Waals surface area (Å²) in [5, 5.41) is 1.92. The maximum atomic E-state index is 13.0. The Morgan fingerprint density at radius 1 is 1.13 bits per heavy atom. The topological polar surface area (TPSA) is 75.9 Å². The lowest BCUT2D eigenvalue weighted by Gasteiger charge is -2.39. The van der Waals surface area contributed by atoms with Crippen LogP contribution >= 0.6 is 0 Å². The van der Waals surface area contributed by atoms with E-state index in [0.29, 0.717) is 24.4 Å². The Morgan fingerprint density at radius 3 is 2.47 bits per heavy atom. The Morgan fingerprint density at radius 2 is 1.83 bits per heavy atom. The number of hydrogen-bond acceptors (Lipinski definition) is 5. The van der Waals surface area contributed by atoms with Gasteiger partial charge in [-0.1, -0.05) is 44.2 Å². The van der Waals surface area contributed by atoms with Crippen molar-refractivity contribution in [2.45, 2.75) is 44.0 Å². The van der Waals surface area contributed by atoms with Gasteiger partial charge >= 0.3 is 0 Å². The summed E-state index contributed by atoms with van der Waals surface area (Å²) in [5.74, 6) is 7.39. The molecule has 30 heavy (non-hydrogen) atoms. The quantitative estimate of drug-likeness (QED) is 0.647. The number of nitrogens with zero attached hydrogens (tertiary/aromatic N) is 2. The molecular formula is C23H33N3O3S. The fourth-order valence-corrected chi connectivity index (χ4v) is 6.01. The molecule has 7 heteroatoms. The summed E-state index contributed by atoms with van der Waals surface area (Å²) in [6, 6.07) is 15.6. The fraction of sp³-hybridized carbons (Fsp3) is 0.478. The second-order valence-electron chi connectivity index (χ2n) is 7.76. The van der Waals surface area contributed by atoms with Gasteiger partial charge in [0, 0.05) is 19.6 Å². The molecule has 1 saturated heterocycles. The van der Waals surface area contributed by atoms with Crippen molar-refractivity contribution in [3.63, 3.8) is 0 Å². The molecular weight excluding hydrogens is 398 g/mol. The number of nitrogens with two attached hydrogens (primary N) is 1. The van der Waals surface area contributed by atoms with Gasteiger partial charge in [0.2, 0.25) is 10.0 Å². The highest BCUT2D eigenvalue weighted by atomic mass is 32.2. The molecule has 1 aliphatic rings. The Labute approximate surface area is 180 Å². The Balaban J connectivity index is 1.96. The molecule has 1 aliphatic heterocycles. The van der Waals surface area contributed by atoms with E-state index in [1.165, 1.54) is 9.87 Å². The van der Waals surface area contributed by atoms with E-state index in [1.807, 2.05) is 37.1 Å². The van der Waals surface area contributed by atoms with Crippen LogP contribution in [-0.4, -0.2) is 44.5 Å². The zero-order valence-electron chi connectivity index (χ0n) is 18.1. The fourth-order valence-electron chi connectivity index (χ4n) is 4.50. The zero-order chi connectivity index (χ0) is 21.7. The molecule has 1 fully saturated rings. The Hall–Kier alpha value is -1.93. The standard InChI is InChI=1S/C23H33N3O3S/c1-4-25(5-2)30(27,28)21-13-14-22(29-3)20(17-21)16-19-12-9-15-26(24)23(19)18-10-7-6-8-11-18/h6-8,10-11,13-14,17,19,23H,4-5,9,12,15-16,24H2,1-3H3. The van der Waals surface area contributed by atoms with Gasteiger partial charge < -0.3 is 4.74 Å². The van der Waals surface area contributed by atoms with Crippen molar-refractivity contribution in [2.24, 2.45) is 11.8 Å². The first kappa shape index (κ1) is 22.7. The van der Waals surface area contributed by atoms with Gasteiger partial charge in [-0.05, 0) is 54.5 Å². The molecule has 3 rings (SSSR count). The second-order valence-corrected chi connectivity index (χ2v) is 9.70. The normalized spacial score (nSPS) is 20.4. The highest BCUT2D eigenvalue weighted by molar-refractivity contribution is 7.89. The molecule has 6 nitrogen and oxygen atoms in total. The molecule has 0 amide bonds. The summed E-state index contributed by atoms with van der Waals surface area (Å²) in [4.78, 5) is 0.318. The van der Waals surface area contributed by atoms with Gasteiger partial charge in [0.25, 0.3) is 0 Å². The average Bonchev–Trinajstić information content (AvgIpc) is 2.75. The van der Waals surface area contributed by atoms with Gasteiger partial charge in [-0.2, -0.15) is 4.31 Å². The predicted octanol–water partition coefficient (Wildman–Crippen LogP) is 3.60. The monoisotopic (exact) mass is 431 g/mol. The third-order valence-electron chi connectivity index (χ3n) is 6.01. The first-order valence-electron chi connectivity index (χ1n) is 10.7. The first-order valence-corrected chi connectivity index (χ1v) is 12.1. The van der Waals surface area contributed by atoms with E-state index in [1.54, 1.807) is 25.3 Å². The smallest absolute Gasteiger partial charge is 0.243 e. The molecule has 1 heterocycles. The van der Waals surface area contributed by atoms with E-state index in [0.717, 1.165) is 30.7 Å². The van der Waals surface area contributed by atoms with Crippen LogP contribution < -0.4 is 10.6 Å². The predicted molar refractivity (Wildman–Crippen MR) is 120 cm³/mol. The lowest BCUT2D eigenvalue weighted by Crippen LogP contribution is -2.44. The summed E-state index contributed by atoms with van der Waals surface area (Å²) in [5.41, 5.74) is 2.10. The summed E-state index contributed by atoms with van der Waals surface area (Å²) in [6.45, 7) is 5.45. The number of methoxy groups -OCH3 is 1. The first-order chi connectivity index (χ1) is 14.4. The zero-order valence-corrected chi connectivity index (χ0v) is 18.9. The van der Waals surface area contributed by atoms with Crippen LogP contribution in [0.25, 0.3) is 0 Å². The van der Waals surface area contributed by atoms with Crippen LogP contribution in [0.15, 0.2) is 53.4 Å². The van der Waals surface area contributed by atoms with E-state index in [2.05, 4.69) is 12.1 Å². The average molecular weight is 432 g/mol. The SMILES string of the molecule is CCN(CC)S(=O)(=O)c1ccc(OC)c(CC2CCCN(N)C2c2ccccc2)c1. The van der Waals surface area contributed by atoms with Crippen molar-refractivity contribution in [3.05, 3.63) is 59.7 Å². The van der Waals surface area contributed by atoms with E-state index in [-0.39, 0.29) is 12.0 Å². The lowest BCUT2D eigenvalue weighted by molar-refractivity contribution is 0.0922. The summed E-state index contributed by atoms with van der Waals surface area (Å²) in [7, 11) is -1.90. The van der Waals surface area contributed by atoms with Crippen molar-refractivity contribution in [1.29, 1.82) is 0 Å². The molecule has 0 aliphatic carbocycles. The third kappa shape index (κ3) is 4.70. The van der Waals surface area contributed by atoms with E-state index in [9.17, 15) is 8.42 Å². The summed E-state index contributed by atoms with van der Waals surface area (Å²) < 4.78 is 33.1. The lowest BCUT2D eigenvalue weighted by atomic mass is 9.81. The van der Waals surface area contributed by atoms with Crippen molar-refractivity contribution >= 4 is 10.0 Å². The number of piperidine rings is 1. The van der Waals surface area contributed by atoms with Gasteiger partial charge in [0.05, 0.1) is 18.0 Å². The van der Waals surface area contributed by atoms with Crippen LogP contribution in [0.2, 0.25) is 0 Å². The molecule has 0 saturated carbocycles. The molecule has 2 aromatic rings. The maximum Gasteiger partial charge on any atom is 0.243 e. The minimum absolute atomic E-state index is 0.0905. The van der Waals surface area contributed by atoms with Crippen molar-refractivity contribution in [1.82, 2.24) is 9.31 Å². The molecule has 0 aromatic heterocycles. The number of sulfonamides is 1. The molecule has 2 atom stereocenters. The van der Waals surface area contributed by atoms with Crippen LogP contribution in [0, 0.1) is 5.92 Å². The molecule has 2 aromatic carbocycles. The molecule has 0 bridgehead atoms. The van der Waals surface area contributed by atoms with Gasteiger partial charge in [-0.15, -0.1) is 0 Å². The van der Waals surface area contributed by atoms with Gasteiger partial charge in [0.15, 0.2) is 0 Å².